The summed E-state index contributed by atoms with van der Waals surface area (Å²) in [6.45, 7) is 8.49. The molecule has 1 rings (SSSR count). The number of ether oxygens (including phenoxy) is 2. The van der Waals surface area contributed by atoms with Crippen LogP contribution < -0.4 is 4.74 Å². The Hall–Kier alpha value is -1.02. The van der Waals surface area contributed by atoms with E-state index in [4.69, 9.17) is 9.47 Å². The molecule has 174 valence electrons. The summed E-state index contributed by atoms with van der Waals surface area (Å²) in [5, 5.41) is 0. The smallest absolute Gasteiger partial charge is 0.122 e. The number of benzene rings is 1. The summed E-state index contributed by atoms with van der Waals surface area (Å²) in [6, 6.07) is 8.64. The van der Waals surface area contributed by atoms with Crippen LogP contribution in [0.1, 0.15) is 123 Å². The third-order valence-electron chi connectivity index (χ3n) is 5.94. The zero-order valence-corrected chi connectivity index (χ0v) is 20.4. The molecule has 0 N–H and O–H groups in total. The van der Waals surface area contributed by atoms with Gasteiger partial charge in [-0.3, -0.25) is 0 Å². The number of hydrogen-bond acceptors (Lipinski definition) is 2. The number of aryl methyl sites for hydroxylation is 1. The average Bonchev–Trinajstić information content (AvgIpc) is 2.76. The number of hydrogen-bond donors (Lipinski definition) is 0. The van der Waals surface area contributed by atoms with Gasteiger partial charge in [-0.25, -0.2) is 0 Å². The van der Waals surface area contributed by atoms with Crippen molar-refractivity contribution in [3.8, 4) is 5.75 Å². The van der Waals surface area contributed by atoms with Crippen molar-refractivity contribution in [2.24, 2.45) is 0 Å². The van der Waals surface area contributed by atoms with Gasteiger partial charge in [-0.1, -0.05) is 96.3 Å². The van der Waals surface area contributed by atoms with E-state index in [0.29, 0.717) is 6.10 Å². The van der Waals surface area contributed by atoms with Crippen molar-refractivity contribution in [1.29, 1.82) is 0 Å². The van der Waals surface area contributed by atoms with Crippen LogP contribution in [0.2, 0.25) is 0 Å². The fourth-order valence-electron chi connectivity index (χ4n) is 3.91. The van der Waals surface area contributed by atoms with Crippen molar-refractivity contribution in [1.82, 2.24) is 0 Å². The van der Waals surface area contributed by atoms with Gasteiger partial charge in [0.25, 0.3) is 0 Å². The molecule has 0 spiro atoms. The second-order valence-corrected chi connectivity index (χ2v) is 8.92. The van der Waals surface area contributed by atoms with Gasteiger partial charge in [0, 0.05) is 6.61 Å². The van der Waals surface area contributed by atoms with E-state index in [-0.39, 0.29) is 0 Å². The van der Waals surface area contributed by atoms with E-state index < -0.39 is 0 Å². The molecule has 0 amide bonds. The first-order valence-electron chi connectivity index (χ1n) is 13.1. The van der Waals surface area contributed by atoms with E-state index in [1.54, 1.807) is 0 Å². The monoisotopic (exact) mass is 418 g/mol. The molecule has 2 nitrogen and oxygen atoms in total. The number of rotatable bonds is 21. The Morgan fingerprint density at radius 1 is 0.667 bits per heavy atom. The quantitative estimate of drug-likeness (QED) is 0.185. The molecule has 0 heterocycles. The van der Waals surface area contributed by atoms with Crippen LogP contribution in [0.4, 0.5) is 0 Å². The first-order valence-corrected chi connectivity index (χ1v) is 13.1. The Bertz CT molecular complexity index is 485. The van der Waals surface area contributed by atoms with Crippen LogP contribution >= 0.6 is 0 Å². The molecule has 30 heavy (non-hydrogen) atoms. The van der Waals surface area contributed by atoms with Crippen molar-refractivity contribution in [3.63, 3.8) is 0 Å². The average molecular weight is 419 g/mol. The van der Waals surface area contributed by atoms with Gasteiger partial charge in [0.05, 0.1) is 12.7 Å². The van der Waals surface area contributed by atoms with Gasteiger partial charge >= 0.3 is 0 Å². The third kappa shape index (κ3) is 14.9. The molecule has 0 fully saturated rings. The first-order chi connectivity index (χ1) is 14.8. The molecule has 0 aromatic heterocycles. The van der Waals surface area contributed by atoms with Crippen molar-refractivity contribution < 1.29 is 9.47 Å². The van der Waals surface area contributed by atoms with Crippen molar-refractivity contribution in [2.75, 3.05) is 13.2 Å². The van der Waals surface area contributed by atoms with E-state index in [1.165, 1.54) is 95.5 Å². The van der Waals surface area contributed by atoms with E-state index in [0.717, 1.165) is 31.8 Å². The highest BCUT2D eigenvalue weighted by Gasteiger charge is 2.04. The molecule has 0 saturated carbocycles. The van der Waals surface area contributed by atoms with Crippen LogP contribution in [-0.2, 0) is 11.2 Å². The van der Waals surface area contributed by atoms with Gasteiger partial charge < -0.3 is 9.47 Å². The van der Waals surface area contributed by atoms with Crippen LogP contribution in [-0.4, -0.2) is 19.3 Å². The molecular weight excluding hydrogens is 368 g/mol. The first kappa shape index (κ1) is 27.0. The van der Waals surface area contributed by atoms with Gasteiger partial charge in [0.15, 0.2) is 0 Å². The van der Waals surface area contributed by atoms with Crippen LogP contribution in [0.15, 0.2) is 24.3 Å². The van der Waals surface area contributed by atoms with E-state index in [1.807, 2.05) is 0 Å². The van der Waals surface area contributed by atoms with Gasteiger partial charge in [-0.15, -0.1) is 0 Å². The molecule has 0 bridgehead atoms. The fraction of sp³-hybridized carbons (Fsp3) is 0.786. The lowest BCUT2D eigenvalue weighted by atomic mass is 10.0. The maximum atomic E-state index is 6.13. The van der Waals surface area contributed by atoms with Crippen molar-refractivity contribution in [3.05, 3.63) is 29.8 Å². The highest BCUT2D eigenvalue weighted by molar-refractivity contribution is 5.33. The molecule has 0 aliphatic rings. The lowest BCUT2D eigenvalue weighted by Gasteiger charge is -2.13. The molecule has 1 aromatic rings. The Balaban J connectivity index is 2.08. The highest BCUT2D eigenvalue weighted by Crippen LogP contribution is 2.21. The second-order valence-electron chi connectivity index (χ2n) is 8.92. The summed E-state index contributed by atoms with van der Waals surface area (Å²) in [5.41, 5.74) is 1.39. The van der Waals surface area contributed by atoms with E-state index in [9.17, 15) is 0 Å². The van der Waals surface area contributed by atoms with E-state index >= 15 is 0 Å². The zero-order valence-electron chi connectivity index (χ0n) is 20.4. The van der Waals surface area contributed by atoms with Gasteiger partial charge in [-0.05, 0) is 57.1 Å². The predicted octanol–water partition coefficient (Wildman–Crippen LogP) is 8.90. The minimum absolute atomic E-state index is 0.398. The van der Waals surface area contributed by atoms with Crippen molar-refractivity contribution >= 4 is 0 Å². The lowest BCUT2D eigenvalue weighted by molar-refractivity contribution is 0.0557. The SMILES string of the molecule is CCCCCCCCCCc1ccccc1OCCCCCC(C)OCCCCC. The molecule has 0 aliphatic carbocycles. The van der Waals surface area contributed by atoms with Crippen molar-refractivity contribution in [2.45, 2.75) is 130 Å². The largest absolute Gasteiger partial charge is 0.493 e. The lowest BCUT2D eigenvalue weighted by Crippen LogP contribution is -2.09. The van der Waals surface area contributed by atoms with E-state index in [2.05, 4.69) is 45.0 Å². The summed E-state index contributed by atoms with van der Waals surface area (Å²) < 4.78 is 12.0. The highest BCUT2D eigenvalue weighted by atomic mass is 16.5. The maximum Gasteiger partial charge on any atom is 0.122 e. The molecule has 1 unspecified atom stereocenters. The standard InChI is InChI=1S/C28H50O2/c1-4-6-8-9-10-11-12-15-21-27-22-16-17-23-28(27)30-25-19-13-14-20-26(3)29-24-18-7-5-2/h16-17,22-23,26H,4-15,18-21,24-25H2,1-3H3. The second kappa shape index (κ2) is 19.9. The summed E-state index contributed by atoms with van der Waals surface area (Å²) in [4.78, 5) is 0. The summed E-state index contributed by atoms with van der Waals surface area (Å²) in [5.74, 6) is 1.10. The minimum Gasteiger partial charge on any atom is -0.493 e. The summed E-state index contributed by atoms with van der Waals surface area (Å²) in [6.07, 6.45) is 21.0. The Morgan fingerprint density at radius 2 is 1.27 bits per heavy atom. The number of unbranched alkanes of at least 4 members (excludes halogenated alkanes) is 11. The number of para-hydroxylation sites is 1. The normalized spacial score (nSPS) is 12.2. The molecule has 2 heteroatoms. The van der Waals surface area contributed by atoms with Crippen LogP contribution in [0.5, 0.6) is 5.75 Å². The molecular formula is C28H50O2. The van der Waals surface area contributed by atoms with Crippen LogP contribution in [0.3, 0.4) is 0 Å². The minimum atomic E-state index is 0.398. The van der Waals surface area contributed by atoms with Gasteiger partial charge in [0.2, 0.25) is 0 Å². The Labute approximate surface area is 188 Å². The van der Waals surface area contributed by atoms with Gasteiger partial charge in [0.1, 0.15) is 5.75 Å². The Kier molecular flexibility index (Phi) is 17.9. The molecule has 1 atom stereocenters. The predicted molar refractivity (Wildman–Crippen MR) is 132 cm³/mol. The third-order valence-corrected chi connectivity index (χ3v) is 5.94. The molecule has 0 saturated heterocycles. The zero-order chi connectivity index (χ0) is 21.7. The van der Waals surface area contributed by atoms with Crippen LogP contribution in [0.25, 0.3) is 0 Å². The molecule has 1 aromatic carbocycles. The summed E-state index contributed by atoms with van der Waals surface area (Å²) in [7, 11) is 0. The Morgan fingerprint density at radius 3 is 2.03 bits per heavy atom. The summed E-state index contributed by atoms with van der Waals surface area (Å²) >= 11 is 0. The van der Waals surface area contributed by atoms with Crippen LogP contribution in [0, 0.1) is 0 Å². The topological polar surface area (TPSA) is 18.5 Å². The maximum absolute atomic E-state index is 6.13. The molecule has 0 aliphatic heterocycles. The fourth-order valence-corrected chi connectivity index (χ4v) is 3.91. The van der Waals surface area contributed by atoms with Gasteiger partial charge in [-0.2, -0.15) is 0 Å². The molecule has 0 radical (unpaired) electrons.